The van der Waals surface area contributed by atoms with Crippen LogP contribution in [0.1, 0.15) is 12.0 Å². The highest BCUT2D eigenvalue weighted by Crippen LogP contribution is 1.96. The number of aliphatic carboxylic acids is 1. The Hall–Kier alpha value is -1.45. The Balaban J connectivity index is 2.45. The number of carbonyl (C=O) groups is 1. The lowest BCUT2D eigenvalue weighted by Gasteiger charge is -1.99. The number of carboxylic acid groups (broad SMARTS) is 1. The van der Waals surface area contributed by atoms with E-state index in [9.17, 15) is 9.90 Å². The summed E-state index contributed by atoms with van der Waals surface area (Å²) in [6.45, 7) is 0. The van der Waals surface area contributed by atoms with Crippen molar-refractivity contribution in [3.8, 4) is 0 Å². The molecule has 4 nitrogen and oxygen atoms in total. The lowest BCUT2D eigenvalue weighted by molar-refractivity contribution is -0.305. The van der Waals surface area contributed by atoms with Crippen LogP contribution in [0, 0.1) is 0 Å². The molecular weight excluding hydrogens is 144 g/mol. The molecule has 1 aromatic heterocycles. The second-order valence-electron chi connectivity index (χ2n) is 2.12. The predicted molar refractivity (Wildman–Crippen MR) is 35.4 cm³/mol. The molecule has 1 aromatic rings. The Bertz CT molecular complexity index is 235. The van der Waals surface area contributed by atoms with E-state index in [1.54, 1.807) is 12.4 Å². The van der Waals surface area contributed by atoms with Crippen molar-refractivity contribution in [3.05, 3.63) is 24.3 Å². The van der Waals surface area contributed by atoms with Crippen molar-refractivity contribution in [1.82, 2.24) is 9.97 Å². The SMILES string of the molecule is O=C([O-])CCc1cncnc1. The molecule has 0 bridgehead atoms. The molecule has 0 aliphatic carbocycles. The molecule has 0 spiro atoms. The Morgan fingerprint density at radius 2 is 2.09 bits per heavy atom. The largest absolute Gasteiger partial charge is 0.550 e. The fourth-order valence-electron chi connectivity index (χ4n) is 0.705. The minimum Gasteiger partial charge on any atom is -0.550 e. The summed E-state index contributed by atoms with van der Waals surface area (Å²) in [5, 5.41) is 10.0. The fourth-order valence-corrected chi connectivity index (χ4v) is 0.705. The van der Waals surface area contributed by atoms with Crippen LogP contribution in [-0.4, -0.2) is 15.9 Å². The quantitative estimate of drug-likeness (QED) is 0.565. The van der Waals surface area contributed by atoms with Crippen molar-refractivity contribution in [2.45, 2.75) is 12.8 Å². The minimum absolute atomic E-state index is 0.0212. The normalized spacial score (nSPS) is 9.45. The van der Waals surface area contributed by atoms with Crippen LogP contribution in [0.3, 0.4) is 0 Å². The first kappa shape index (κ1) is 7.65. The molecule has 0 aliphatic heterocycles. The lowest BCUT2D eigenvalue weighted by Crippen LogP contribution is -2.22. The number of carboxylic acids is 1. The van der Waals surface area contributed by atoms with Crippen molar-refractivity contribution in [2.24, 2.45) is 0 Å². The highest BCUT2D eigenvalue weighted by Gasteiger charge is 1.91. The third kappa shape index (κ3) is 2.75. The van der Waals surface area contributed by atoms with Gasteiger partial charge in [-0.1, -0.05) is 0 Å². The van der Waals surface area contributed by atoms with Crippen molar-refractivity contribution >= 4 is 5.97 Å². The van der Waals surface area contributed by atoms with E-state index in [-0.39, 0.29) is 6.42 Å². The molecule has 0 N–H and O–H groups in total. The summed E-state index contributed by atoms with van der Waals surface area (Å²) in [5.41, 5.74) is 0.816. The Kier molecular flexibility index (Phi) is 2.54. The van der Waals surface area contributed by atoms with Crippen LogP contribution in [0.15, 0.2) is 18.7 Å². The molecule has 0 atom stereocenters. The number of rotatable bonds is 3. The van der Waals surface area contributed by atoms with E-state index >= 15 is 0 Å². The summed E-state index contributed by atoms with van der Waals surface area (Å²) in [5.74, 6) is -1.05. The average molecular weight is 151 g/mol. The van der Waals surface area contributed by atoms with Gasteiger partial charge in [-0.05, 0) is 18.4 Å². The third-order valence-electron chi connectivity index (χ3n) is 1.23. The van der Waals surface area contributed by atoms with Crippen LogP contribution in [-0.2, 0) is 11.2 Å². The maximum absolute atomic E-state index is 10.0. The number of nitrogens with zero attached hydrogens (tertiary/aromatic N) is 2. The third-order valence-corrected chi connectivity index (χ3v) is 1.23. The van der Waals surface area contributed by atoms with E-state index in [0.717, 1.165) is 5.56 Å². The second kappa shape index (κ2) is 3.65. The molecule has 0 saturated carbocycles. The smallest absolute Gasteiger partial charge is 0.115 e. The number of hydrogen-bond acceptors (Lipinski definition) is 4. The highest BCUT2D eigenvalue weighted by molar-refractivity contribution is 5.64. The van der Waals surface area contributed by atoms with E-state index in [1.807, 2.05) is 0 Å². The highest BCUT2D eigenvalue weighted by atomic mass is 16.4. The Labute approximate surface area is 63.9 Å². The van der Waals surface area contributed by atoms with E-state index in [4.69, 9.17) is 0 Å². The molecule has 0 amide bonds. The van der Waals surface area contributed by atoms with Crippen LogP contribution >= 0.6 is 0 Å². The monoisotopic (exact) mass is 151 g/mol. The van der Waals surface area contributed by atoms with Crippen LogP contribution in [0.25, 0.3) is 0 Å². The molecule has 0 fully saturated rings. The second-order valence-corrected chi connectivity index (χ2v) is 2.12. The molecule has 58 valence electrons. The van der Waals surface area contributed by atoms with Gasteiger partial charge in [0.1, 0.15) is 6.33 Å². The molecule has 0 saturated heterocycles. The molecule has 4 heteroatoms. The summed E-state index contributed by atoms with van der Waals surface area (Å²) >= 11 is 0. The molecule has 0 unspecified atom stereocenters. The van der Waals surface area contributed by atoms with Gasteiger partial charge < -0.3 is 9.90 Å². The molecule has 1 rings (SSSR count). The summed E-state index contributed by atoms with van der Waals surface area (Å²) in [6, 6.07) is 0. The molecular formula is C7H7N2O2-. The fraction of sp³-hybridized carbons (Fsp3) is 0.286. The van der Waals surface area contributed by atoms with E-state index < -0.39 is 5.97 Å². The Morgan fingerprint density at radius 1 is 1.45 bits per heavy atom. The van der Waals surface area contributed by atoms with Crippen LogP contribution in [0.2, 0.25) is 0 Å². The summed E-state index contributed by atoms with van der Waals surface area (Å²) in [4.78, 5) is 17.5. The van der Waals surface area contributed by atoms with E-state index in [2.05, 4.69) is 9.97 Å². The van der Waals surface area contributed by atoms with Crippen molar-refractivity contribution in [3.63, 3.8) is 0 Å². The van der Waals surface area contributed by atoms with Gasteiger partial charge in [-0.15, -0.1) is 0 Å². The molecule has 0 aromatic carbocycles. The van der Waals surface area contributed by atoms with E-state index in [0.29, 0.717) is 6.42 Å². The minimum atomic E-state index is -1.05. The number of aromatic nitrogens is 2. The van der Waals surface area contributed by atoms with Crippen molar-refractivity contribution < 1.29 is 9.90 Å². The molecule has 0 aliphatic rings. The van der Waals surface area contributed by atoms with Gasteiger partial charge in [-0.25, -0.2) is 9.97 Å². The van der Waals surface area contributed by atoms with Crippen molar-refractivity contribution in [1.29, 1.82) is 0 Å². The number of hydrogen-bond donors (Lipinski definition) is 0. The number of aryl methyl sites for hydroxylation is 1. The first-order chi connectivity index (χ1) is 5.29. The van der Waals surface area contributed by atoms with Gasteiger partial charge in [0.05, 0.1) is 0 Å². The zero-order chi connectivity index (χ0) is 8.10. The van der Waals surface area contributed by atoms with Gasteiger partial charge in [0.2, 0.25) is 0 Å². The molecule has 11 heavy (non-hydrogen) atoms. The van der Waals surface area contributed by atoms with Crippen LogP contribution in [0.5, 0.6) is 0 Å². The summed E-state index contributed by atoms with van der Waals surface area (Å²) < 4.78 is 0. The molecule has 1 heterocycles. The van der Waals surface area contributed by atoms with Gasteiger partial charge in [-0.3, -0.25) is 0 Å². The van der Waals surface area contributed by atoms with Gasteiger partial charge in [0.15, 0.2) is 0 Å². The average Bonchev–Trinajstić information content (AvgIpc) is 2.03. The first-order valence-electron chi connectivity index (χ1n) is 3.23. The van der Waals surface area contributed by atoms with Crippen LogP contribution in [0.4, 0.5) is 0 Å². The van der Waals surface area contributed by atoms with Gasteiger partial charge in [-0.2, -0.15) is 0 Å². The zero-order valence-electron chi connectivity index (χ0n) is 5.86. The topological polar surface area (TPSA) is 65.9 Å². The lowest BCUT2D eigenvalue weighted by atomic mass is 10.2. The maximum Gasteiger partial charge on any atom is 0.115 e. The van der Waals surface area contributed by atoms with Gasteiger partial charge in [0.25, 0.3) is 0 Å². The Morgan fingerprint density at radius 3 is 2.64 bits per heavy atom. The standard InChI is InChI=1S/C7H8N2O2/c10-7(11)2-1-6-3-8-5-9-4-6/h3-5H,1-2H2,(H,10,11)/p-1. The maximum atomic E-state index is 10.0. The van der Waals surface area contributed by atoms with Crippen LogP contribution < -0.4 is 5.11 Å². The number of carbonyl (C=O) groups excluding carboxylic acids is 1. The zero-order valence-corrected chi connectivity index (χ0v) is 5.86. The first-order valence-corrected chi connectivity index (χ1v) is 3.23. The summed E-state index contributed by atoms with van der Waals surface area (Å²) in [6.07, 6.45) is 5.05. The van der Waals surface area contributed by atoms with Crippen molar-refractivity contribution in [2.75, 3.05) is 0 Å². The summed E-state index contributed by atoms with van der Waals surface area (Å²) in [7, 11) is 0. The predicted octanol–water partition coefficient (Wildman–Crippen LogP) is -0.841. The van der Waals surface area contributed by atoms with Gasteiger partial charge in [0, 0.05) is 18.4 Å². The van der Waals surface area contributed by atoms with Gasteiger partial charge >= 0.3 is 0 Å². The molecule has 0 radical (unpaired) electrons. The van der Waals surface area contributed by atoms with E-state index in [1.165, 1.54) is 6.33 Å².